The summed E-state index contributed by atoms with van der Waals surface area (Å²) in [6, 6.07) is 6.24. The summed E-state index contributed by atoms with van der Waals surface area (Å²) < 4.78 is 14.4. The van der Waals surface area contributed by atoms with Gasteiger partial charge in [-0.2, -0.15) is 14.8 Å². The molecule has 0 spiro atoms. The lowest BCUT2D eigenvalue weighted by molar-refractivity contribution is 0.612. The molecule has 0 saturated heterocycles. The van der Waals surface area contributed by atoms with Crippen molar-refractivity contribution in [1.29, 1.82) is 0 Å². The smallest absolute Gasteiger partial charge is 0.223 e. The van der Waals surface area contributed by atoms with Gasteiger partial charge in [-0.1, -0.05) is 12.1 Å². The van der Waals surface area contributed by atoms with E-state index in [2.05, 4.69) is 10.1 Å². The lowest BCUT2D eigenvalue weighted by Gasteiger charge is -2.02. The molecule has 1 aromatic heterocycles. The zero-order valence-electron chi connectivity index (χ0n) is 6.68. The lowest BCUT2D eigenvalue weighted by Crippen LogP contribution is -2.04. The molecule has 0 unspecified atom stereocenters. The number of nitrogens with two attached hydrogens (primary N) is 1. The molecule has 0 aliphatic rings. The molecule has 1 aromatic carbocycles. The largest absolute Gasteiger partial charge is 0.368 e. The highest BCUT2D eigenvalue weighted by Gasteiger charge is 2.06. The average Bonchev–Trinajstić information content (AvgIpc) is 2.52. The van der Waals surface area contributed by atoms with Gasteiger partial charge in [-0.05, 0) is 12.1 Å². The molecule has 0 bridgehead atoms. The van der Waals surface area contributed by atoms with E-state index in [1.807, 2.05) is 0 Å². The molecule has 2 N–H and O–H groups in total. The molecule has 5 heteroatoms. The number of hydrogen-bond donors (Lipinski definition) is 1. The van der Waals surface area contributed by atoms with Gasteiger partial charge in [0, 0.05) is 0 Å². The third-order valence-electron chi connectivity index (χ3n) is 1.65. The van der Waals surface area contributed by atoms with Crippen LogP contribution < -0.4 is 5.73 Å². The molecule has 0 aliphatic heterocycles. The Kier molecular flexibility index (Phi) is 1.70. The van der Waals surface area contributed by atoms with Crippen molar-refractivity contribution in [3.05, 3.63) is 36.4 Å². The molecule has 66 valence electrons. The van der Waals surface area contributed by atoms with Gasteiger partial charge in [0.2, 0.25) is 5.95 Å². The predicted octanol–water partition coefficient (Wildman–Crippen LogP) is 0.989. The lowest BCUT2D eigenvalue weighted by atomic mass is 10.3. The second-order valence-electron chi connectivity index (χ2n) is 2.48. The van der Waals surface area contributed by atoms with Gasteiger partial charge in [-0.3, -0.25) is 0 Å². The Bertz CT molecular complexity index is 424. The Labute approximate surface area is 73.8 Å². The molecule has 0 saturated carbocycles. The van der Waals surface area contributed by atoms with Crippen LogP contribution in [0.4, 0.5) is 10.3 Å². The molecular formula is C8H7FN4. The third-order valence-corrected chi connectivity index (χ3v) is 1.65. The molecule has 13 heavy (non-hydrogen) atoms. The van der Waals surface area contributed by atoms with Crippen LogP contribution >= 0.6 is 0 Å². The monoisotopic (exact) mass is 178 g/mol. The topological polar surface area (TPSA) is 56.7 Å². The maximum Gasteiger partial charge on any atom is 0.223 e. The van der Waals surface area contributed by atoms with Crippen molar-refractivity contribution in [2.75, 3.05) is 5.73 Å². The molecule has 0 radical (unpaired) electrons. The maximum absolute atomic E-state index is 13.2. The van der Waals surface area contributed by atoms with Gasteiger partial charge in [-0.15, -0.1) is 0 Å². The summed E-state index contributed by atoms with van der Waals surface area (Å²) in [5, 5.41) is 3.79. The second-order valence-corrected chi connectivity index (χ2v) is 2.48. The molecule has 0 atom stereocenters. The molecule has 1 heterocycles. The van der Waals surface area contributed by atoms with Gasteiger partial charge in [0.15, 0.2) is 0 Å². The van der Waals surface area contributed by atoms with Gasteiger partial charge in [0.1, 0.15) is 17.8 Å². The summed E-state index contributed by atoms with van der Waals surface area (Å²) in [5.41, 5.74) is 5.77. The highest BCUT2D eigenvalue weighted by molar-refractivity contribution is 5.37. The van der Waals surface area contributed by atoms with Crippen LogP contribution in [0.3, 0.4) is 0 Å². The van der Waals surface area contributed by atoms with Crippen LogP contribution in [0, 0.1) is 5.82 Å². The highest BCUT2D eigenvalue weighted by atomic mass is 19.1. The zero-order chi connectivity index (χ0) is 9.26. The van der Waals surface area contributed by atoms with Crippen molar-refractivity contribution in [3.8, 4) is 5.69 Å². The fourth-order valence-electron chi connectivity index (χ4n) is 1.06. The number of para-hydroxylation sites is 1. The van der Waals surface area contributed by atoms with Crippen molar-refractivity contribution >= 4 is 5.95 Å². The Balaban J connectivity index is 2.59. The average molecular weight is 178 g/mol. The van der Waals surface area contributed by atoms with E-state index < -0.39 is 0 Å². The summed E-state index contributed by atoms with van der Waals surface area (Å²) >= 11 is 0. The van der Waals surface area contributed by atoms with Crippen molar-refractivity contribution < 1.29 is 4.39 Å². The molecule has 2 rings (SSSR count). The van der Waals surface area contributed by atoms with E-state index in [4.69, 9.17) is 5.73 Å². The number of halogens is 1. The van der Waals surface area contributed by atoms with E-state index in [0.717, 1.165) is 0 Å². The molecule has 2 aromatic rings. The van der Waals surface area contributed by atoms with E-state index in [9.17, 15) is 4.39 Å². The molecule has 4 nitrogen and oxygen atoms in total. The minimum absolute atomic E-state index is 0.171. The van der Waals surface area contributed by atoms with Crippen LogP contribution in [0.15, 0.2) is 30.6 Å². The van der Waals surface area contributed by atoms with Gasteiger partial charge >= 0.3 is 0 Å². The van der Waals surface area contributed by atoms with E-state index in [1.54, 1.807) is 18.2 Å². The number of rotatable bonds is 1. The van der Waals surface area contributed by atoms with Crippen molar-refractivity contribution in [1.82, 2.24) is 14.8 Å². The first kappa shape index (κ1) is 7.72. The molecule has 0 fully saturated rings. The quantitative estimate of drug-likeness (QED) is 0.708. The normalized spacial score (nSPS) is 10.2. The van der Waals surface area contributed by atoms with Gasteiger partial charge < -0.3 is 5.73 Å². The summed E-state index contributed by atoms with van der Waals surface area (Å²) in [6.45, 7) is 0. The first-order valence-electron chi connectivity index (χ1n) is 3.69. The minimum Gasteiger partial charge on any atom is -0.368 e. The highest BCUT2D eigenvalue weighted by Crippen LogP contribution is 2.13. The molecule has 0 aliphatic carbocycles. The van der Waals surface area contributed by atoms with Crippen LogP contribution in [0.1, 0.15) is 0 Å². The number of aromatic nitrogens is 3. The number of nitrogen functional groups attached to an aromatic ring is 1. The Morgan fingerprint density at radius 3 is 2.69 bits per heavy atom. The summed E-state index contributed by atoms with van der Waals surface area (Å²) in [7, 11) is 0. The first-order valence-corrected chi connectivity index (χ1v) is 3.69. The summed E-state index contributed by atoms with van der Waals surface area (Å²) in [5.74, 6) is -0.204. The fourth-order valence-corrected chi connectivity index (χ4v) is 1.06. The number of hydrogen-bond acceptors (Lipinski definition) is 3. The van der Waals surface area contributed by atoms with E-state index in [0.29, 0.717) is 5.69 Å². The van der Waals surface area contributed by atoms with E-state index in [1.165, 1.54) is 17.1 Å². The van der Waals surface area contributed by atoms with E-state index in [-0.39, 0.29) is 11.8 Å². The van der Waals surface area contributed by atoms with Gasteiger partial charge in [-0.25, -0.2) is 4.39 Å². The Morgan fingerprint density at radius 2 is 2.08 bits per heavy atom. The SMILES string of the molecule is Nc1ncnn1-c1ccccc1F. The summed E-state index contributed by atoms with van der Waals surface area (Å²) in [6.07, 6.45) is 1.28. The van der Waals surface area contributed by atoms with Crippen molar-refractivity contribution in [2.45, 2.75) is 0 Å². The summed E-state index contributed by atoms with van der Waals surface area (Å²) in [4.78, 5) is 3.70. The van der Waals surface area contributed by atoms with Crippen molar-refractivity contribution in [3.63, 3.8) is 0 Å². The van der Waals surface area contributed by atoms with Crippen LogP contribution in [-0.4, -0.2) is 14.8 Å². The van der Waals surface area contributed by atoms with Crippen LogP contribution in [-0.2, 0) is 0 Å². The number of benzene rings is 1. The van der Waals surface area contributed by atoms with Crippen LogP contribution in [0.2, 0.25) is 0 Å². The predicted molar refractivity (Wildman–Crippen MR) is 45.7 cm³/mol. The minimum atomic E-state index is -0.375. The third kappa shape index (κ3) is 1.24. The van der Waals surface area contributed by atoms with Gasteiger partial charge in [0.05, 0.1) is 0 Å². The fraction of sp³-hybridized carbons (Fsp3) is 0. The van der Waals surface area contributed by atoms with Crippen LogP contribution in [0.25, 0.3) is 5.69 Å². The molecular weight excluding hydrogens is 171 g/mol. The van der Waals surface area contributed by atoms with Crippen LogP contribution in [0.5, 0.6) is 0 Å². The standard InChI is InChI=1S/C8H7FN4/c9-6-3-1-2-4-7(6)13-8(10)11-5-12-13/h1-5H,(H2,10,11,12). The zero-order valence-corrected chi connectivity index (χ0v) is 6.68. The molecule has 0 amide bonds. The number of nitrogens with zero attached hydrogens (tertiary/aromatic N) is 3. The number of anilines is 1. The Hall–Kier alpha value is -1.91. The van der Waals surface area contributed by atoms with Gasteiger partial charge in [0.25, 0.3) is 0 Å². The Morgan fingerprint density at radius 1 is 1.31 bits per heavy atom. The second kappa shape index (κ2) is 2.85. The maximum atomic E-state index is 13.2. The first-order chi connectivity index (χ1) is 6.29. The van der Waals surface area contributed by atoms with Crippen molar-refractivity contribution in [2.24, 2.45) is 0 Å². The van der Waals surface area contributed by atoms with E-state index >= 15 is 0 Å².